The molecule has 3 heteroatoms. The van der Waals surface area contributed by atoms with Crippen molar-refractivity contribution >= 4 is 17.6 Å². The zero-order chi connectivity index (χ0) is 7.44. The Labute approximate surface area is 59.8 Å². The van der Waals surface area contributed by atoms with Crippen molar-refractivity contribution < 1.29 is 9.90 Å². The normalized spacial score (nSPS) is 16.8. The van der Waals surface area contributed by atoms with Crippen LogP contribution in [0.4, 0.5) is 0 Å². The van der Waals surface area contributed by atoms with Gasteiger partial charge in [0.25, 0.3) is 0 Å². The van der Waals surface area contributed by atoms with Crippen molar-refractivity contribution in [1.82, 2.24) is 0 Å². The summed E-state index contributed by atoms with van der Waals surface area (Å²) in [4.78, 5) is 10.2. The fourth-order valence-corrected chi connectivity index (χ4v) is 0.629. The van der Waals surface area contributed by atoms with Crippen LogP contribution in [0.25, 0.3) is 0 Å². The molecule has 0 rings (SSSR count). The van der Waals surface area contributed by atoms with Crippen LogP contribution in [0.1, 0.15) is 20.3 Å². The lowest BCUT2D eigenvalue weighted by Crippen LogP contribution is -2.20. The van der Waals surface area contributed by atoms with E-state index in [1.165, 1.54) is 0 Å². The molecule has 0 heterocycles. The quantitative estimate of drug-likeness (QED) is 0.623. The molecule has 0 aliphatic rings. The molecule has 0 fully saturated rings. The lowest BCUT2D eigenvalue weighted by molar-refractivity contribution is -0.137. The van der Waals surface area contributed by atoms with Crippen molar-refractivity contribution in [3.8, 4) is 0 Å². The first-order chi connectivity index (χ1) is 4.09. The van der Waals surface area contributed by atoms with Crippen LogP contribution in [0.3, 0.4) is 0 Å². The van der Waals surface area contributed by atoms with Gasteiger partial charge in [0.2, 0.25) is 0 Å². The van der Waals surface area contributed by atoms with Crippen LogP contribution in [-0.2, 0) is 4.79 Å². The minimum atomic E-state index is -0.925. The third-order valence-corrected chi connectivity index (χ3v) is 2.00. The molecule has 0 saturated heterocycles. The number of carbonyl (C=O) groups is 1. The SMILES string of the molecule is CC[C@@H](C)[C@@H](Cl)C(=O)O. The molecular formula is C6H11ClO2. The summed E-state index contributed by atoms with van der Waals surface area (Å²) >= 11 is 5.47. The van der Waals surface area contributed by atoms with Gasteiger partial charge in [0.15, 0.2) is 0 Å². The summed E-state index contributed by atoms with van der Waals surface area (Å²) in [5.41, 5.74) is 0. The largest absolute Gasteiger partial charge is 0.480 e. The Bertz CT molecular complexity index is 103. The van der Waals surface area contributed by atoms with E-state index >= 15 is 0 Å². The highest BCUT2D eigenvalue weighted by atomic mass is 35.5. The maximum absolute atomic E-state index is 10.2. The zero-order valence-corrected chi connectivity index (χ0v) is 6.35. The number of hydrogen-bond donors (Lipinski definition) is 1. The summed E-state index contributed by atoms with van der Waals surface area (Å²) in [5.74, 6) is -0.866. The maximum atomic E-state index is 10.2. The van der Waals surface area contributed by atoms with E-state index in [1.807, 2.05) is 13.8 Å². The monoisotopic (exact) mass is 150 g/mol. The number of aliphatic carboxylic acids is 1. The highest BCUT2D eigenvalue weighted by Gasteiger charge is 2.19. The van der Waals surface area contributed by atoms with Gasteiger partial charge in [-0.2, -0.15) is 0 Å². The van der Waals surface area contributed by atoms with Crippen molar-refractivity contribution in [1.29, 1.82) is 0 Å². The Morgan fingerprint density at radius 3 is 2.33 bits per heavy atom. The molecule has 0 unspecified atom stereocenters. The molecule has 0 aromatic carbocycles. The molecule has 0 aliphatic heterocycles. The van der Waals surface area contributed by atoms with Gasteiger partial charge in [-0.15, -0.1) is 11.6 Å². The second kappa shape index (κ2) is 3.72. The van der Waals surface area contributed by atoms with Gasteiger partial charge >= 0.3 is 5.97 Å². The van der Waals surface area contributed by atoms with Gasteiger partial charge in [-0.1, -0.05) is 20.3 Å². The van der Waals surface area contributed by atoms with Gasteiger partial charge in [0.05, 0.1) is 0 Å². The fraction of sp³-hybridized carbons (Fsp3) is 0.833. The molecule has 0 aromatic rings. The first-order valence-electron chi connectivity index (χ1n) is 2.96. The van der Waals surface area contributed by atoms with Crippen LogP contribution in [0, 0.1) is 5.92 Å². The lowest BCUT2D eigenvalue weighted by atomic mass is 10.1. The zero-order valence-electron chi connectivity index (χ0n) is 5.60. The molecule has 0 saturated carbocycles. The van der Waals surface area contributed by atoms with Gasteiger partial charge < -0.3 is 5.11 Å². The van der Waals surface area contributed by atoms with E-state index < -0.39 is 11.3 Å². The van der Waals surface area contributed by atoms with Gasteiger partial charge in [-0.3, -0.25) is 4.79 Å². The summed E-state index contributed by atoms with van der Waals surface area (Å²) in [6, 6.07) is 0. The van der Waals surface area contributed by atoms with Crippen molar-refractivity contribution in [3.63, 3.8) is 0 Å². The van der Waals surface area contributed by atoms with E-state index in [4.69, 9.17) is 16.7 Å². The van der Waals surface area contributed by atoms with E-state index in [0.717, 1.165) is 6.42 Å². The number of alkyl halides is 1. The van der Waals surface area contributed by atoms with Crippen molar-refractivity contribution in [3.05, 3.63) is 0 Å². The lowest BCUT2D eigenvalue weighted by Gasteiger charge is -2.09. The van der Waals surface area contributed by atoms with Crippen LogP contribution in [-0.4, -0.2) is 16.5 Å². The Hall–Kier alpha value is -0.240. The molecule has 0 amide bonds. The van der Waals surface area contributed by atoms with Crippen LogP contribution < -0.4 is 0 Å². The molecule has 2 atom stereocenters. The molecule has 9 heavy (non-hydrogen) atoms. The van der Waals surface area contributed by atoms with Gasteiger partial charge in [0.1, 0.15) is 5.38 Å². The predicted octanol–water partition coefficient (Wildman–Crippen LogP) is 1.72. The molecular weight excluding hydrogens is 140 g/mol. The number of carboxylic acid groups (broad SMARTS) is 1. The molecule has 0 spiro atoms. The van der Waals surface area contributed by atoms with E-state index in [-0.39, 0.29) is 5.92 Å². The maximum Gasteiger partial charge on any atom is 0.321 e. The average Bonchev–Trinajstić information content (AvgIpc) is 1.84. The molecule has 0 radical (unpaired) electrons. The standard InChI is InChI=1S/C6H11ClO2/c1-3-4(2)5(7)6(8)9/h4-5H,3H2,1-2H3,(H,8,9)/t4-,5-/m1/s1. The summed E-state index contributed by atoms with van der Waals surface area (Å²) in [5, 5.41) is 7.62. The Morgan fingerprint density at radius 1 is 1.78 bits per heavy atom. The number of carboxylic acids is 1. The summed E-state index contributed by atoms with van der Waals surface area (Å²) in [6.45, 7) is 3.74. The second-order valence-electron chi connectivity index (χ2n) is 2.13. The van der Waals surface area contributed by atoms with Crippen LogP contribution in [0.5, 0.6) is 0 Å². The van der Waals surface area contributed by atoms with E-state index in [1.54, 1.807) is 0 Å². The molecule has 0 aromatic heterocycles. The Balaban J connectivity index is 3.72. The molecule has 54 valence electrons. The van der Waals surface area contributed by atoms with Crippen molar-refractivity contribution in [2.75, 3.05) is 0 Å². The molecule has 0 bridgehead atoms. The summed E-state index contributed by atoms with van der Waals surface area (Å²) in [7, 11) is 0. The smallest absolute Gasteiger partial charge is 0.321 e. The Kier molecular flexibility index (Phi) is 3.62. The Morgan fingerprint density at radius 2 is 2.22 bits per heavy atom. The van der Waals surface area contributed by atoms with Gasteiger partial charge in [-0.05, 0) is 5.92 Å². The average molecular weight is 151 g/mol. The van der Waals surface area contributed by atoms with E-state index in [9.17, 15) is 4.79 Å². The molecule has 1 N–H and O–H groups in total. The van der Waals surface area contributed by atoms with Gasteiger partial charge in [0, 0.05) is 0 Å². The van der Waals surface area contributed by atoms with Crippen LogP contribution in [0.15, 0.2) is 0 Å². The fourth-order valence-electron chi connectivity index (χ4n) is 0.450. The minimum absolute atomic E-state index is 0.0594. The van der Waals surface area contributed by atoms with Crippen LogP contribution in [0.2, 0.25) is 0 Å². The number of rotatable bonds is 3. The molecule has 2 nitrogen and oxygen atoms in total. The third-order valence-electron chi connectivity index (χ3n) is 1.38. The highest BCUT2D eigenvalue weighted by molar-refractivity contribution is 6.29. The molecule has 0 aliphatic carbocycles. The third kappa shape index (κ3) is 2.70. The van der Waals surface area contributed by atoms with Gasteiger partial charge in [-0.25, -0.2) is 0 Å². The first kappa shape index (κ1) is 8.76. The first-order valence-corrected chi connectivity index (χ1v) is 3.40. The van der Waals surface area contributed by atoms with Crippen molar-refractivity contribution in [2.45, 2.75) is 25.6 Å². The van der Waals surface area contributed by atoms with Crippen molar-refractivity contribution in [2.24, 2.45) is 5.92 Å². The second-order valence-corrected chi connectivity index (χ2v) is 2.60. The van der Waals surface area contributed by atoms with Crippen LogP contribution >= 0.6 is 11.6 Å². The van der Waals surface area contributed by atoms with E-state index in [2.05, 4.69) is 0 Å². The topological polar surface area (TPSA) is 37.3 Å². The highest BCUT2D eigenvalue weighted by Crippen LogP contribution is 2.13. The number of halogens is 1. The summed E-state index contributed by atoms with van der Waals surface area (Å²) < 4.78 is 0. The summed E-state index contributed by atoms with van der Waals surface area (Å²) in [6.07, 6.45) is 0.806. The van der Waals surface area contributed by atoms with E-state index in [0.29, 0.717) is 0 Å². The minimum Gasteiger partial charge on any atom is -0.480 e. The number of hydrogen-bond acceptors (Lipinski definition) is 1. The predicted molar refractivity (Wildman–Crippen MR) is 36.7 cm³/mol.